The molecule has 15 heavy (non-hydrogen) atoms. The minimum atomic E-state index is 0.0123. The first-order valence-corrected chi connectivity index (χ1v) is 5.54. The lowest BCUT2D eigenvalue weighted by atomic mass is 10.2. The number of nitrogens with zero attached hydrogens (tertiary/aromatic N) is 1. The van der Waals surface area contributed by atoms with Crippen molar-refractivity contribution in [1.82, 2.24) is 0 Å². The van der Waals surface area contributed by atoms with Crippen molar-refractivity contribution < 1.29 is 4.79 Å². The molecular weight excluding hydrogens is 258 g/mol. The summed E-state index contributed by atoms with van der Waals surface area (Å²) < 4.78 is 0.999. The van der Waals surface area contributed by atoms with Gasteiger partial charge in [0, 0.05) is 17.6 Å². The van der Waals surface area contributed by atoms with Gasteiger partial charge in [0.05, 0.1) is 17.9 Å². The average molecular weight is 270 g/mol. The van der Waals surface area contributed by atoms with Gasteiger partial charge in [-0.15, -0.1) is 0 Å². The topological polar surface area (TPSA) is 58.4 Å². The molecule has 0 saturated heterocycles. The summed E-state index contributed by atoms with van der Waals surface area (Å²) in [7, 11) is 0. The SMILES string of the molecule is NCCN1CC(=O)Nc2ccc(Br)cc21. The van der Waals surface area contributed by atoms with Crippen LogP contribution in [-0.2, 0) is 4.79 Å². The number of nitrogens with two attached hydrogens (primary N) is 1. The molecule has 1 amide bonds. The molecular formula is C10H12BrN3O. The molecule has 0 radical (unpaired) electrons. The van der Waals surface area contributed by atoms with Crippen molar-refractivity contribution in [2.75, 3.05) is 29.9 Å². The molecule has 0 bridgehead atoms. The molecule has 80 valence electrons. The van der Waals surface area contributed by atoms with E-state index in [9.17, 15) is 4.79 Å². The van der Waals surface area contributed by atoms with Crippen LogP contribution < -0.4 is 16.0 Å². The van der Waals surface area contributed by atoms with Crippen LogP contribution in [0.25, 0.3) is 0 Å². The van der Waals surface area contributed by atoms with E-state index in [0.717, 1.165) is 15.8 Å². The predicted octanol–water partition coefficient (Wildman–Crippen LogP) is 1.17. The Morgan fingerprint density at radius 3 is 3.07 bits per heavy atom. The zero-order chi connectivity index (χ0) is 10.8. The smallest absolute Gasteiger partial charge is 0.243 e. The standard InChI is InChI=1S/C10H12BrN3O/c11-7-1-2-8-9(5-7)14(4-3-12)6-10(15)13-8/h1-2,5H,3-4,6,12H2,(H,13,15). The number of hydrogen-bond acceptors (Lipinski definition) is 3. The van der Waals surface area contributed by atoms with E-state index < -0.39 is 0 Å². The average Bonchev–Trinajstić information content (AvgIpc) is 2.19. The molecule has 4 nitrogen and oxygen atoms in total. The predicted molar refractivity (Wildman–Crippen MR) is 64.0 cm³/mol. The Bertz CT molecular complexity index is 394. The molecule has 0 aromatic heterocycles. The van der Waals surface area contributed by atoms with Crippen LogP contribution in [0.3, 0.4) is 0 Å². The fourth-order valence-electron chi connectivity index (χ4n) is 1.68. The van der Waals surface area contributed by atoms with Crippen LogP contribution in [0.1, 0.15) is 0 Å². The van der Waals surface area contributed by atoms with Crippen LogP contribution in [0.2, 0.25) is 0 Å². The largest absolute Gasteiger partial charge is 0.359 e. The van der Waals surface area contributed by atoms with Crippen molar-refractivity contribution in [1.29, 1.82) is 0 Å². The zero-order valence-corrected chi connectivity index (χ0v) is 9.75. The van der Waals surface area contributed by atoms with Gasteiger partial charge in [-0.1, -0.05) is 15.9 Å². The number of halogens is 1. The molecule has 1 aliphatic rings. The number of fused-ring (bicyclic) bond motifs is 1. The number of rotatable bonds is 2. The number of hydrogen-bond donors (Lipinski definition) is 2. The first-order valence-electron chi connectivity index (χ1n) is 4.75. The number of benzene rings is 1. The molecule has 1 aromatic carbocycles. The molecule has 0 atom stereocenters. The Balaban J connectivity index is 2.38. The highest BCUT2D eigenvalue weighted by atomic mass is 79.9. The molecule has 0 spiro atoms. The second kappa shape index (κ2) is 4.20. The number of carbonyl (C=O) groups excluding carboxylic acids is 1. The second-order valence-electron chi connectivity index (χ2n) is 3.42. The van der Waals surface area contributed by atoms with E-state index in [0.29, 0.717) is 19.6 Å². The molecule has 5 heteroatoms. The fourth-order valence-corrected chi connectivity index (χ4v) is 2.02. The molecule has 0 unspecified atom stereocenters. The third-order valence-electron chi connectivity index (χ3n) is 2.31. The van der Waals surface area contributed by atoms with Gasteiger partial charge in [-0.2, -0.15) is 0 Å². The quantitative estimate of drug-likeness (QED) is 0.848. The Labute approximate surface area is 96.6 Å². The maximum absolute atomic E-state index is 11.4. The van der Waals surface area contributed by atoms with Crippen molar-refractivity contribution >= 4 is 33.2 Å². The first kappa shape index (κ1) is 10.4. The lowest BCUT2D eigenvalue weighted by molar-refractivity contribution is -0.115. The van der Waals surface area contributed by atoms with Gasteiger partial charge in [0.2, 0.25) is 5.91 Å². The highest BCUT2D eigenvalue weighted by Crippen LogP contribution is 2.31. The van der Waals surface area contributed by atoms with E-state index in [2.05, 4.69) is 21.2 Å². The zero-order valence-electron chi connectivity index (χ0n) is 8.16. The molecule has 2 rings (SSSR count). The lowest BCUT2D eigenvalue weighted by Crippen LogP contribution is -2.40. The van der Waals surface area contributed by atoms with Crippen LogP contribution in [0.5, 0.6) is 0 Å². The number of amides is 1. The highest BCUT2D eigenvalue weighted by molar-refractivity contribution is 9.10. The first-order chi connectivity index (χ1) is 7.20. The van der Waals surface area contributed by atoms with Crippen molar-refractivity contribution in [2.45, 2.75) is 0 Å². The van der Waals surface area contributed by atoms with Crippen LogP contribution in [0, 0.1) is 0 Å². The summed E-state index contributed by atoms with van der Waals surface area (Å²) in [6.45, 7) is 1.61. The number of carbonyl (C=O) groups is 1. The summed E-state index contributed by atoms with van der Waals surface area (Å²) in [6.07, 6.45) is 0. The van der Waals surface area contributed by atoms with E-state index in [1.54, 1.807) is 0 Å². The Kier molecular flexibility index (Phi) is 2.93. The van der Waals surface area contributed by atoms with Gasteiger partial charge in [-0.05, 0) is 18.2 Å². The van der Waals surface area contributed by atoms with Gasteiger partial charge in [0.1, 0.15) is 0 Å². The summed E-state index contributed by atoms with van der Waals surface area (Å²) in [5.41, 5.74) is 7.39. The Morgan fingerprint density at radius 2 is 2.33 bits per heavy atom. The molecule has 1 aromatic rings. The van der Waals surface area contributed by atoms with Gasteiger partial charge in [-0.3, -0.25) is 4.79 Å². The minimum absolute atomic E-state index is 0.0123. The second-order valence-corrected chi connectivity index (χ2v) is 4.34. The molecule has 1 heterocycles. The Morgan fingerprint density at radius 1 is 1.53 bits per heavy atom. The summed E-state index contributed by atoms with van der Waals surface area (Å²) >= 11 is 3.41. The van der Waals surface area contributed by atoms with Gasteiger partial charge in [0.25, 0.3) is 0 Å². The van der Waals surface area contributed by atoms with Gasteiger partial charge < -0.3 is 16.0 Å². The fraction of sp³-hybridized carbons (Fsp3) is 0.300. The Hall–Kier alpha value is -1.07. The van der Waals surface area contributed by atoms with Gasteiger partial charge in [-0.25, -0.2) is 0 Å². The van der Waals surface area contributed by atoms with E-state index in [1.807, 2.05) is 23.1 Å². The highest BCUT2D eigenvalue weighted by Gasteiger charge is 2.21. The van der Waals surface area contributed by atoms with Crippen molar-refractivity contribution in [3.8, 4) is 0 Å². The number of anilines is 2. The summed E-state index contributed by atoms with van der Waals surface area (Å²) in [4.78, 5) is 13.4. The maximum Gasteiger partial charge on any atom is 0.243 e. The molecule has 0 fully saturated rings. The van der Waals surface area contributed by atoms with Crippen molar-refractivity contribution in [2.24, 2.45) is 5.73 Å². The molecule has 3 N–H and O–H groups in total. The molecule has 1 aliphatic heterocycles. The minimum Gasteiger partial charge on any atom is -0.359 e. The van der Waals surface area contributed by atoms with Crippen molar-refractivity contribution in [3.05, 3.63) is 22.7 Å². The third kappa shape index (κ3) is 2.13. The van der Waals surface area contributed by atoms with E-state index in [4.69, 9.17) is 5.73 Å². The maximum atomic E-state index is 11.4. The molecule has 0 saturated carbocycles. The van der Waals surface area contributed by atoms with E-state index >= 15 is 0 Å². The lowest BCUT2D eigenvalue weighted by Gasteiger charge is -2.30. The third-order valence-corrected chi connectivity index (χ3v) is 2.80. The number of nitrogens with one attached hydrogen (secondary N) is 1. The monoisotopic (exact) mass is 269 g/mol. The van der Waals surface area contributed by atoms with E-state index in [1.165, 1.54) is 0 Å². The normalized spacial score (nSPS) is 14.8. The van der Waals surface area contributed by atoms with Crippen LogP contribution in [0.4, 0.5) is 11.4 Å². The van der Waals surface area contributed by atoms with Crippen LogP contribution >= 0.6 is 15.9 Å². The van der Waals surface area contributed by atoms with Gasteiger partial charge in [0.15, 0.2) is 0 Å². The van der Waals surface area contributed by atoms with Crippen LogP contribution in [0.15, 0.2) is 22.7 Å². The summed E-state index contributed by atoms with van der Waals surface area (Å²) in [5.74, 6) is 0.0123. The summed E-state index contributed by atoms with van der Waals surface area (Å²) in [5, 5.41) is 2.83. The summed E-state index contributed by atoms with van der Waals surface area (Å²) in [6, 6.07) is 5.79. The van der Waals surface area contributed by atoms with Gasteiger partial charge >= 0.3 is 0 Å². The molecule has 0 aliphatic carbocycles. The van der Waals surface area contributed by atoms with Crippen LogP contribution in [-0.4, -0.2) is 25.5 Å². The van der Waals surface area contributed by atoms with Crippen molar-refractivity contribution in [3.63, 3.8) is 0 Å². The van der Waals surface area contributed by atoms with E-state index in [-0.39, 0.29) is 5.91 Å².